The van der Waals surface area contributed by atoms with E-state index in [2.05, 4.69) is 147 Å². The summed E-state index contributed by atoms with van der Waals surface area (Å²) in [5, 5.41) is 0. The highest BCUT2D eigenvalue weighted by molar-refractivity contribution is 7.79. The summed E-state index contributed by atoms with van der Waals surface area (Å²) in [6, 6.07) is 18.5. The van der Waals surface area contributed by atoms with Crippen LogP contribution in [0.4, 0.5) is 11.4 Å². The number of hydrogen-bond donors (Lipinski definition) is 1. The topological polar surface area (TPSA) is 13.0 Å². The van der Waals surface area contributed by atoms with E-state index in [-0.39, 0.29) is 0 Å². The van der Waals surface area contributed by atoms with E-state index < -0.39 is 0 Å². The van der Waals surface area contributed by atoms with Gasteiger partial charge in [-0.3, -0.25) is 9.80 Å². The average Bonchev–Trinajstić information content (AvgIpc) is 3.07. The van der Waals surface area contributed by atoms with Crippen molar-refractivity contribution in [3.05, 3.63) is 102 Å². The third-order valence-corrected chi connectivity index (χ3v) is 8.40. The lowest BCUT2D eigenvalue weighted by atomic mass is 9.90. The first-order chi connectivity index (χ1) is 21.4. The maximum Gasteiger partial charge on any atom is 0.0462 e. The van der Waals surface area contributed by atoms with Crippen LogP contribution in [0.1, 0.15) is 64.0 Å². The highest BCUT2D eigenvalue weighted by atomic mass is 32.1. The molecule has 4 nitrogen and oxygen atoms in total. The zero-order chi connectivity index (χ0) is 32.5. The molecule has 4 rings (SSSR count). The Hall–Kier alpha value is -2.73. The number of rotatable bonds is 12. The molecule has 5 heteroatoms. The van der Waals surface area contributed by atoms with Crippen molar-refractivity contribution in [2.24, 2.45) is 0 Å². The van der Waals surface area contributed by atoms with Gasteiger partial charge in [-0.25, -0.2) is 0 Å². The van der Waals surface area contributed by atoms with Gasteiger partial charge in [0.15, 0.2) is 0 Å². The maximum atomic E-state index is 4.14. The Labute approximate surface area is 276 Å². The van der Waals surface area contributed by atoms with Crippen molar-refractivity contribution in [2.45, 2.75) is 58.9 Å². The van der Waals surface area contributed by atoms with Gasteiger partial charge in [0.1, 0.15) is 0 Å². The molecule has 44 heavy (non-hydrogen) atoms. The van der Waals surface area contributed by atoms with E-state index in [1.54, 1.807) is 6.26 Å². The molecule has 0 aromatic heterocycles. The average molecular weight is 617 g/mol. The van der Waals surface area contributed by atoms with Gasteiger partial charge in [-0.15, -0.1) is 0 Å². The van der Waals surface area contributed by atoms with Gasteiger partial charge in [0, 0.05) is 57.7 Å². The molecule has 0 atom stereocenters. The van der Waals surface area contributed by atoms with E-state index in [1.807, 2.05) is 13.8 Å². The third kappa shape index (κ3) is 11.3. The molecule has 242 valence electrons. The lowest BCUT2D eigenvalue weighted by Gasteiger charge is -2.36. The zero-order valence-corrected chi connectivity index (χ0v) is 29.9. The van der Waals surface area contributed by atoms with Crippen LogP contribution in [0.5, 0.6) is 0 Å². The summed E-state index contributed by atoms with van der Waals surface area (Å²) in [6.45, 7) is 16.1. The fourth-order valence-electron chi connectivity index (χ4n) is 5.59. The van der Waals surface area contributed by atoms with Crippen LogP contribution >= 0.6 is 12.6 Å². The molecule has 1 heterocycles. The summed E-state index contributed by atoms with van der Waals surface area (Å²) in [7, 11) is 8.43. The van der Waals surface area contributed by atoms with E-state index in [4.69, 9.17) is 0 Å². The van der Waals surface area contributed by atoms with E-state index in [0.29, 0.717) is 6.04 Å². The van der Waals surface area contributed by atoms with Crippen molar-refractivity contribution in [2.75, 3.05) is 77.0 Å². The summed E-state index contributed by atoms with van der Waals surface area (Å²) < 4.78 is 0. The standard InChI is InChI=1S/C36H50N4.C2H6.CH4S/c1-7-29(2)11-9-8-10-24-39-25-27-40(28-26-39)35-22-16-32(17-23-35)36(30-12-18-33(19-13-30)37(3)4)31-14-20-34(21-15-31)38(5)6;2*1-2/h12-23,33H,2,7-11,24-28H2,1,3-6H3;1-2H3;2H,1H3. The number of anilines is 2. The van der Waals surface area contributed by atoms with Crippen LogP contribution in [-0.2, 0) is 0 Å². The van der Waals surface area contributed by atoms with Crippen LogP contribution in [0.2, 0.25) is 0 Å². The Bertz CT molecular complexity index is 1170. The molecule has 1 aliphatic carbocycles. The third-order valence-electron chi connectivity index (χ3n) is 8.40. The molecule has 0 N–H and O–H groups in total. The molecule has 0 radical (unpaired) electrons. The summed E-state index contributed by atoms with van der Waals surface area (Å²) in [5.41, 5.74) is 9.00. The Morgan fingerprint density at radius 3 is 1.84 bits per heavy atom. The number of piperazine rings is 1. The molecule has 1 aliphatic heterocycles. The highest BCUT2D eigenvalue weighted by Crippen LogP contribution is 2.32. The minimum absolute atomic E-state index is 0.336. The van der Waals surface area contributed by atoms with Crippen LogP contribution in [0.25, 0.3) is 5.57 Å². The Morgan fingerprint density at radius 1 is 0.795 bits per heavy atom. The van der Waals surface area contributed by atoms with Crippen molar-refractivity contribution in [3.8, 4) is 0 Å². The molecular formula is C39H60N4S. The minimum atomic E-state index is 0.336. The van der Waals surface area contributed by atoms with Crippen LogP contribution in [0, 0.1) is 0 Å². The lowest BCUT2D eigenvalue weighted by molar-refractivity contribution is 0.252. The summed E-state index contributed by atoms with van der Waals surface area (Å²) in [6.07, 6.45) is 17.1. The Morgan fingerprint density at radius 2 is 1.34 bits per heavy atom. The van der Waals surface area contributed by atoms with Gasteiger partial charge < -0.3 is 9.80 Å². The van der Waals surface area contributed by atoms with Gasteiger partial charge in [0.2, 0.25) is 0 Å². The number of unbranched alkanes of at least 4 members (excludes halogenated alkanes) is 2. The first kappa shape index (κ1) is 37.5. The Balaban J connectivity index is 0.00000162. The van der Waals surface area contributed by atoms with Crippen molar-refractivity contribution >= 4 is 29.6 Å². The maximum absolute atomic E-state index is 4.14. The lowest BCUT2D eigenvalue weighted by Crippen LogP contribution is -2.46. The van der Waals surface area contributed by atoms with E-state index in [9.17, 15) is 0 Å². The fourth-order valence-corrected chi connectivity index (χ4v) is 5.59. The van der Waals surface area contributed by atoms with Crippen LogP contribution < -0.4 is 9.80 Å². The molecule has 2 aromatic carbocycles. The number of thiol groups is 1. The fraction of sp³-hybridized carbons (Fsp3) is 0.487. The second kappa shape index (κ2) is 20.3. The van der Waals surface area contributed by atoms with Gasteiger partial charge >= 0.3 is 0 Å². The van der Waals surface area contributed by atoms with E-state index in [1.165, 1.54) is 71.4 Å². The van der Waals surface area contributed by atoms with Gasteiger partial charge in [-0.1, -0.05) is 87.9 Å². The predicted octanol–water partition coefficient (Wildman–Crippen LogP) is 8.83. The predicted molar refractivity (Wildman–Crippen MR) is 202 cm³/mol. The Kier molecular flexibility index (Phi) is 17.3. The molecule has 2 aliphatic rings. The summed E-state index contributed by atoms with van der Waals surface area (Å²) in [4.78, 5) is 9.57. The molecular weight excluding hydrogens is 557 g/mol. The second-order valence-corrected chi connectivity index (χ2v) is 11.7. The second-order valence-electron chi connectivity index (χ2n) is 11.7. The van der Waals surface area contributed by atoms with Crippen molar-refractivity contribution in [1.29, 1.82) is 0 Å². The molecule has 0 amide bonds. The quantitative estimate of drug-likeness (QED) is 0.145. The van der Waals surface area contributed by atoms with Gasteiger partial charge in [0.05, 0.1) is 0 Å². The van der Waals surface area contributed by atoms with Gasteiger partial charge in [0.25, 0.3) is 0 Å². The molecule has 0 spiro atoms. The van der Waals surface area contributed by atoms with E-state index >= 15 is 0 Å². The monoisotopic (exact) mass is 616 g/mol. The molecule has 1 saturated heterocycles. The molecule has 1 fully saturated rings. The summed E-state index contributed by atoms with van der Waals surface area (Å²) >= 11 is 3.53. The number of hydrogen-bond acceptors (Lipinski definition) is 5. The van der Waals surface area contributed by atoms with Crippen molar-refractivity contribution in [3.63, 3.8) is 0 Å². The molecule has 0 unspecified atom stereocenters. The van der Waals surface area contributed by atoms with Gasteiger partial charge in [-0.05, 0) is 99.1 Å². The summed E-state index contributed by atoms with van der Waals surface area (Å²) in [5.74, 6) is 0. The van der Waals surface area contributed by atoms with Crippen LogP contribution in [-0.4, -0.2) is 83.0 Å². The zero-order valence-electron chi connectivity index (χ0n) is 29.0. The highest BCUT2D eigenvalue weighted by Gasteiger charge is 2.18. The van der Waals surface area contributed by atoms with Crippen LogP contribution in [0.3, 0.4) is 0 Å². The molecule has 0 bridgehead atoms. The normalized spacial score (nSPS) is 16.2. The smallest absolute Gasteiger partial charge is 0.0462 e. The van der Waals surface area contributed by atoms with Crippen LogP contribution in [0.15, 0.2) is 90.6 Å². The van der Waals surface area contributed by atoms with Crippen molar-refractivity contribution in [1.82, 2.24) is 9.80 Å². The number of likely N-dealkylation sites (N-methyl/N-ethyl adjacent to an activating group) is 1. The first-order valence-electron chi connectivity index (χ1n) is 16.6. The molecule has 0 saturated carbocycles. The number of allylic oxidation sites excluding steroid dienone is 4. The van der Waals surface area contributed by atoms with Gasteiger partial charge in [-0.2, -0.15) is 12.6 Å². The number of benzene rings is 2. The number of nitrogens with zero attached hydrogens (tertiary/aromatic N) is 4. The minimum Gasteiger partial charge on any atom is -0.378 e. The van der Waals surface area contributed by atoms with E-state index in [0.717, 1.165) is 32.6 Å². The molecule has 2 aromatic rings. The largest absolute Gasteiger partial charge is 0.378 e. The first-order valence-corrected chi connectivity index (χ1v) is 17.5. The SMILES string of the molecule is C=C(CC)CCCCCN1CCN(c2ccc(C(=C3C=CC(N(C)C)C=C3)c3ccc(N(C)C)cc3)cc2)CC1.CC.CS. The van der Waals surface area contributed by atoms with Crippen molar-refractivity contribution < 1.29 is 0 Å².